The molecule has 0 spiro atoms. The van der Waals surface area contributed by atoms with Crippen LogP contribution in [-0.2, 0) is 6.42 Å². The third kappa shape index (κ3) is 6.98. The first kappa shape index (κ1) is 16.5. The molecule has 1 aromatic carbocycles. The van der Waals surface area contributed by atoms with Gasteiger partial charge in [0.05, 0.1) is 6.61 Å². The quantitative estimate of drug-likeness (QED) is 0.671. The smallest absolute Gasteiger partial charge is 0.122 e. The Kier molecular flexibility index (Phi) is 8.15. The summed E-state index contributed by atoms with van der Waals surface area (Å²) in [5.74, 6) is 1.03. The summed E-state index contributed by atoms with van der Waals surface area (Å²) in [6, 6.07) is 6.87. The molecule has 0 radical (unpaired) electrons. The number of halogens is 1. The van der Waals surface area contributed by atoms with Crippen molar-refractivity contribution in [2.75, 3.05) is 13.2 Å². The monoisotopic (exact) mass is 327 g/mol. The normalized spacial score (nSPS) is 11.0. The van der Waals surface area contributed by atoms with Gasteiger partial charge in [-0.2, -0.15) is 0 Å². The van der Waals surface area contributed by atoms with Crippen LogP contribution in [0.15, 0.2) is 22.7 Å². The van der Waals surface area contributed by atoms with Crippen LogP contribution in [0.2, 0.25) is 0 Å². The van der Waals surface area contributed by atoms with E-state index in [-0.39, 0.29) is 0 Å². The first-order valence-corrected chi connectivity index (χ1v) is 8.07. The van der Waals surface area contributed by atoms with Crippen molar-refractivity contribution in [3.63, 3.8) is 0 Å². The first-order chi connectivity index (χ1) is 9.13. The summed E-state index contributed by atoms with van der Waals surface area (Å²) in [6.07, 6.45) is 4.82. The fourth-order valence-corrected chi connectivity index (χ4v) is 2.46. The van der Waals surface area contributed by atoms with Gasteiger partial charge in [0.2, 0.25) is 0 Å². The minimum absolute atomic E-state index is 0.592. The molecule has 0 aliphatic rings. The number of hydrogen-bond donors (Lipinski definition) is 1. The molecule has 0 saturated carbocycles. The Labute approximate surface area is 126 Å². The van der Waals surface area contributed by atoms with Crippen molar-refractivity contribution in [3.05, 3.63) is 28.2 Å². The van der Waals surface area contributed by atoms with Crippen LogP contribution in [0.4, 0.5) is 0 Å². The van der Waals surface area contributed by atoms with E-state index in [1.807, 2.05) is 13.0 Å². The standard InChI is InChI=1S/C16H26BrNO/c1-4-19-16-10-9-15(17)12-14(16)8-6-5-7-11-18-13(2)3/h9-10,12-13,18H,4-8,11H2,1-3H3. The maximum absolute atomic E-state index is 5.67. The van der Waals surface area contributed by atoms with Crippen molar-refractivity contribution < 1.29 is 4.74 Å². The molecule has 0 heterocycles. The molecule has 0 atom stereocenters. The van der Waals surface area contributed by atoms with Gasteiger partial charge < -0.3 is 10.1 Å². The summed E-state index contributed by atoms with van der Waals surface area (Å²) in [4.78, 5) is 0. The van der Waals surface area contributed by atoms with Crippen LogP contribution in [0.5, 0.6) is 5.75 Å². The lowest BCUT2D eigenvalue weighted by molar-refractivity contribution is 0.336. The minimum Gasteiger partial charge on any atom is -0.494 e. The Morgan fingerprint density at radius 2 is 2.00 bits per heavy atom. The molecule has 0 fully saturated rings. The number of unbranched alkanes of at least 4 members (excludes halogenated alkanes) is 2. The molecule has 1 aromatic rings. The molecule has 0 aromatic heterocycles. The van der Waals surface area contributed by atoms with E-state index >= 15 is 0 Å². The predicted molar refractivity (Wildman–Crippen MR) is 86.0 cm³/mol. The molecule has 1 rings (SSSR count). The highest BCUT2D eigenvalue weighted by Crippen LogP contribution is 2.25. The van der Waals surface area contributed by atoms with Gasteiger partial charge in [0.25, 0.3) is 0 Å². The van der Waals surface area contributed by atoms with E-state index in [1.165, 1.54) is 24.8 Å². The third-order valence-corrected chi connectivity index (χ3v) is 3.49. The maximum atomic E-state index is 5.67. The molecule has 3 heteroatoms. The van der Waals surface area contributed by atoms with Gasteiger partial charge in [-0.05, 0) is 56.5 Å². The van der Waals surface area contributed by atoms with Gasteiger partial charge >= 0.3 is 0 Å². The molecule has 19 heavy (non-hydrogen) atoms. The van der Waals surface area contributed by atoms with Crippen LogP contribution in [0.1, 0.15) is 45.6 Å². The number of rotatable bonds is 9. The summed E-state index contributed by atoms with van der Waals surface area (Å²) in [5.41, 5.74) is 1.31. The molecular weight excluding hydrogens is 302 g/mol. The predicted octanol–water partition coefficient (Wildman–Crippen LogP) is 4.56. The van der Waals surface area contributed by atoms with Crippen molar-refractivity contribution in [3.8, 4) is 5.75 Å². The fraction of sp³-hybridized carbons (Fsp3) is 0.625. The summed E-state index contributed by atoms with van der Waals surface area (Å²) in [5, 5.41) is 3.45. The lowest BCUT2D eigenvalue weighted by Crippen LogP contribution is -2.23. The average Bonchev–Trinajstić information content (AvgIpc) is 2.36. The second kappa shape index (κ2) is 9.38. The molecule has 0 amide bonds. The van der Waals surface area contributed by atoms with Gasteiger partial charge in [-0.3, -0.25) is 0 Å². The Morgan fingerprint density at radius 1 is 1.21 bits per heavy atom. The highest BCUT2D eigenvalue weighted by Gasteiger charge is 2.04. The van der Waals surface area contributed by atoms with Gasteiger partial charge in [-0.25, -0.2) is 0 Å². The van der Waals surface area contributed by atoms with E-state index in [4.69, 9.17) is 4.74 Å². The lowest BCUT2D eigenvalue weighted by Gasteiger charge is -2.11. The number of nitrogens with one attached hydrogen (secondary N) is 1. The van der Waals surface area contributed by atoms with E-state index in [0.717, 1.165) is 29.8 Å². The van der Waals surface area contributed by atoms with Crippen LogP contribution >= 0.6 is 15.9 Å². The zero-order valence-corrected chi connectivity index (χ0v) is 13.9. The van der Waals surface area contributed by atoms with Crippen molar-refractivity contribution >= 4 is 15.9 Å². The molecule has 0 bridgehead atoms. The third-order valence-electron chi connectivity index (χ3n) is 3.00. The minimum atomic E-state index is 0.592. The van der Waals surface area contributed by atoms with Crippen LogP contribution in [0, 0.1) is 0 Å². The molecule has 1 N–H and O–H groups in total. The molecule has 108 valence electrons. The van der Waals surface area contributed by atoms with Gasteiger partial charge in [-0.15, -0.1) is 0 Å². The van der Waals surface area contributed by atoms with Crippen LogP contribution in [0.3, 0.4) is 0 Å². The summed E-state index contributed by atoms with van der Waals surface area (Å²) in [7, 11) is 0. The zero-order valence-electron chi connectivity index (χ0n) is 12.3. The summed E-state index contributed by atoms with van der Waals surface area (Å²) in [6.45, 7) is 8.26. The fourth-order valence-electron chi connectivity index (χ4n) is 2.05. The van der Waals surface area contributed by atoms with E-state index in [9.17, 15) is 0 Å². The largest absolute Gasteiger partial charge is 0.494 e. The molecule has 0 unspecified atom stereocenters. The molecule has 0 saturated heterocycles. The van der Waals surface area contributed by atoms with Crippen molar-refractivity contribution in [1.29, 1.82) is 0 Å². The second-order valence-electron chi connectivity index (χ2n) is 5.10. The Morgan fingerprint density at radius 3 is 2.68 bits per heavy atom. The Hall–Kier alpha value is -0.540. The number of benzene rings is 1. The average molecular weight is 328 g/mol. The topological polar surface area (TPSA) is 21.3 Å². The summed E-state index contributed by atoms with van der Waals surface area (Å²) >= 11 is 3.53. The van der Waals surface area contributed by atoms with Crippen molar-refractivity contribution in [2.45, 2.75) is 52.5 Å². The van der Waals surface area contributed by atoms with Crippen LogP contribution < -0.4 is 10.1 Å². The van der Waals surface area contributed by atoms with Crippen LogP contribution in [0.25, 0.3) is 0 Å². The van der Waals surface area contributed by atoms with Gasteiger partial charge in [-0.1, -0.05) is 36.2 Å². The van der Waals surface area contributed by atoms with E-state index < -0.39 is 0 Å². The SMILES string of the molecule is CCOc1ccc(Br)cc1CCCCCNC(C)C. The number of aryl methyl sites for hydroxylation is 1. The highest BCUT2D eigenvalue weighted by molar-refractivity contribution is 9.10. The highest BCUT2D eigenvalue weighted by atomic mass is 79.9. The summed E-state index contributed by atoms with van der Waals surface area (Å²) < 4.78 is 6.80. The second-order valence-corrected chi connectivity index (χ2v) is 6.02. The molecular formula is C16H26BrNO. The van der Waals surface area contributed by atoms with Gasteiger partial charge in [0.1, 0.15) is 5.75 Å². The Bertz CT molecular complexity index is 366. The van der Waals surface area contributed by atoms with Crippen LogP contribution in [-0.4, -0.2) is 19.2 Å². The number of ether oxygens (including phenoxy) is 1. The zero-order chi connectivity index (χ0) is 14.1. The first-order valence-electron chi connectivity index (χ1n) is 7.28. The van der Waals surface area contributed by atoms with Crippen molar-refractivity contribution in [1.82, 2.24) is 5.32 Å². The van der Waals surface area contributed by atoms with Gasteiger partial charge in [0.15, 0.2) is 0 Å². The Balaban J connectivity index is 2.33. The molecule has 2 nitrogen and oxygen atoms in total. The lowest BCUT2D eigenvalue weighted by atomic mass is 10.1. The van der Waals surface area contributed by atoms with E-state index in [1.54, 1.807) is 0 Å². The maximum Gasteiger partial charge on any atom is 0.122 e. The van der Waals surface area contributed by atoms with E-state index in [2.05, 4.69) is 47.2 Å². The molecule has 0 aliphatic carbocycles. The molecule has 0 aliphatic heterocycles. The van der Waals surface area contributed by atoms with E-state index in [0.29, 0.717) is 6.04 Å². The number of hydrogen-bond acceptors (Lipinski definition) is 2. The van der Waals surface area contributed by atoms with Gasteiger partial charge in [0, 0.05) is 10.5 Å². The van der Waals surface area contributed by atoms with Crippen molar-refractivity contribution in [2.24, 2.45) is 0 Å².